The number of benzene rings is 2. The fraction of sp³-hybridized carbons (Fsp3) is 0.176. The van der Waals surface area contributed by atoms with Crippen molar-refractivity contribution in [2.24, 2.45) is 0 Å². The summed E-state index contributed by atoms with van der Waals surface area (Å²) in [4.78, 5) is 0. The zero-order valence-corrected chi connectivity index (χ0v) is 14.4. The van der Waals surface area contributed by atoms with E-state index in [4.69, 9.17) is 26.4 Å². The molecular formula is C17H17N3O3S. The van der Waals surface area contributed by atoms with Crippen LogP contribution in [0, 0.1) is 4.77 Å². The molecule has 3 rings (SSSR count). The van der Waals surface area contributed by atoms with Crippen LogP contribution >= 0.6 is 12.2 Å². The third-order valence-corrected chi connectivity index (χ3v) is 3.93. The Balaban J connectivity index is 2.15. The monoisotopic (exact) mass is 343 g/mol. The van der Waals surface area contributed by atoms with Gasteiger partial charge in [-0.25, -0.2) is 0 Å². The highest BCUT2D eigenvalue weighted by molar-refractivity contribution is 7.71. The van der Waals surface area contributed by atoms with Crippen LogP contribution < -0.4 is 14.2 Å². The van der Waals surface area contributed by atoms with Gasteiger partial charge < -0.3 is 14.2 Å². The molecule has 1 N–H and O–H groups in total. The number of ether oxygens (including phenoxy) is 3. The molecule has 0 fully saturated rings. The fourth-order valence-corrected chi connectivity index (χ4v) is 2.67. The molecule has 0 spiro atoms. The number of hydrogen-bond donors (Lipinski definition) is 1. The van der Waals surface area contributed by atoms with E-state index in [0.717, 1.165) is 17.0 Å². The van der Waals surface area contributed by atoms with Crippen molar-refractivity contribution in [3.05, 3.63) is 47.2 Å². The number of rotatable bonds is 5. The standard InChI is InChI=1S/C17H17N3O3S/c1-21-12-6-4-11(5-7-12)20-16(18-19-17(20)24)14-9-8-13(22-2)10-15(14)23-3/h4-10H,1-3H3,(H,19,24). The van der Waals surface area contributed by atoms with Crippen molar-refractivity contribution in [3.63, 3.8) is 0 Å². The number of H-pyrrole nitrogens is 1. The second-order valence-corrected chi connectivity index (χ2v) is 5.34. The van der Waals surface area contributed by atoms with Crippen LogP contribution in [-0.2, 0) is 0 Å². The second-order valence-electron chi connectivity index (χ2n) is 4.95. The van der Waals surface area contributed by atoms with Gasteiger partial charge in [0.1, 0.15) is 17.2 Å². The zero-order chi connectivity index (χ0) is 17.1. The van der Waals surface area contributed by atoms with Gasteiger partial charge in [0, 0.05) is 6.07 Å². The Labute approximate surface area is 144 Å². The number of methoxy groups -OCH3 is 3. The Morgan fingerprint density at radius 1 is 0.917 bits per heavy atom. The zero-order valence-electron chi connectivity index (χ0n) is 13.6. The van der Waals surface area contributed by atoms with E-state index < -0.39 is 0 Å². The van der Waals surface area contributed by atoms with Gasteiger partial charge in [0.2, 0.25) is 0 Å². The Hall–Kier alpha value is -2.80. The van der Waals surface area contributed by atoms with Crippen molar-refractivity contribution in [3.8, 4) is 34.3 Å². The summed E-state index contributed by atoms with van der Waals surface area (Å²) in [5.74, 6) is 2.79. The molecule has 0 saturated carbocycles. The SMILES string of the molecule is COc1ccc(-n2c(-c3ccc(OC)cc3OC)n[nH]c2=S)cc1. The van der Waals surface area contributed by atoms with Gasteiger partial charge >= 0.3 is 0 Å². The molecular weight excluding hydrogens is 326 g/mol. The normalized spacial score (nSPS) is 10.5. The molecule has 1 heterocycles. The summed E-state index contributed by atoms with van der Waals surface area (Å²) >= 11 is 5.39. The van der Waals surface area contributed by atoms with E-state index in [0.29, 0.717) is 22.1 Å². The van der Waals surface area contributed by atoms with Gasteiger partial charge in [-0.15, -0.1) is 0 Å². The molecule has 2 aromatic carbocycles. The Morgan fingerprint density at radius 2 is 1.58 bits per heavy atom. The minimum absolute atomic E-state index is 0.494. The van der Waals surface area contributed by atoms with Crippen molar-refractivity contribution in [2.75, 3.05) is 21.3 Å². The summed E-state index contributed by atoms with van der Waals surface area (Å²) in [7, 11) is 4.85. The molecule has 0 aliphatic rings. The minimum atomic E-state index is 0.494. The highest BCUT2D eigenvalue weighted by Crippen LogP contribution is 2.33. The molecule has 0 radical (unpaired) electrons. The summed E-state index contributed by atoms with van der Waals surface area (Å²) in [5, 5.41) is 7.20. The van der Waals surface area contributed by atoms with Gasteiger partial charge in [-0.3, -0.25) is 9.67 Å². The number of nitrogens with zero attached hydrogens (tertiary/aromatic N) is 2. The molecule has 0 bridgehead atoms. The first-order chi connectivity index (χ1) is 11.7. The van der Waals surface area contributed by atoms with Gasteiger partial charge in [0.15, 0.2) is 10.6 Å². The lowest BCUT2D eigenvalue weighted by atomic mass is 10.1. The van der Waals surface area contributed by atoms with Gasteiger partial charge in [-0.1, -0.05) is 0 Å². The average Bonchev–Trinajstić information content (AvgIpc) is 3.02. The predicted molar refractivity (Wildman–Crippen MR) is 93.8 cm³/mol. The van der Waals surface area contributed by atoms with E-state index in [1.54, 1.807) is 21.3 Å². The van der Waals surface area contributed by atoms with Crippen LogP contribution in [0.3, 0.4) is 0 Å². The van der Waals surface area contributed by atoms with Crippen molar-refractivity contribution in [1.29, 1.82) is 0 Å². The van der Waals surface area contributed by atoms with E-state index in [1.165, 1.54) is 0 Å². The van der Waals surface area contributed by atoms with Crippen molar-refractivity contribution >= 4 is 12.2 Å². The van der Waals surface area contributed by atoms with E-state index >= 15 is 0 Å². The lowest BCUT2D eigenvalue weighted by Crippen LogP contribution is -2.00. The van der Waals surface area contributed by atoms with Crippen molar-refractivity contribution < 1.29 is 14.2 Å². The average molecular weight is 343 g/mol. The van der Waals surface area contributed by atoms with Gasteiger partial charge in [-0.05, 0) is 48.6 Å². The van der Waals surface area contributed by atoms with Crippen LogP contribution in [0.2, 0.25) is 0 Å². The molecule has 0 atom stereocenters. The summed E-state index contributed by atoms with van der Waals surface area (Å²) in [6.45, 7) is 0. The largest absolute Gasteiger partial charge is 0.497 e. The lowest BCUT2D eigenvalue weighted by molar-refractivity contribution is 0.395. The van der Waals surface area contributed by atoms with Gasteiger partial charge in [0.25, 0.3) is 0 Å². The molecule has 24 heavy (non-hydrogen) atoms. The van der Waals surface area contributed by atoms with Gasteiger partial charge in [0.05, 0.1) is 32.6 Å². The smallest absolute Gasteiger partial charge is 0.200 e. The maximum Gasteiger partial charge on any atom is 0.200 e. The van der Waals surface area contributed by atoms with Crippen LogP contribution in [-0.4, -0.2) is 36.1 Å². The van der Waals surface area contributed by atoms with Gasteiger partial charge in [-0.2, -0.15) is 5.10 Å². The minimum Gasteiger partial charge on any atom is -0.497 e. The summed E-state index contributed by atoms with van der Waals surface area (Å²) in [6.07, 6.45) is 0. The summed E-state index contributed by atoms with van der Waals surface area (Å²) in [5.41, 5.74) is 1.68. The first kappa shape index (κ1) is 16.1. The lowest BCUT2D eigenvalue weighted by Gasteiger charge is -2.12. The maximum absolute atomic E-state index is 5.48. The van der Waals surface area contributed by atoms with Crippen LogP contribution in [0.25, 0.3) is 17.1 Å². The van der Waals surface area contributed by atoms with Crippen molar-refractivity contribution in [2.45, 2.75) is 0 Å². The number of hydrogen-bond acceptors (Lipinski definition) is 5. The fourth-order valence-electron chi connectivity index (χ4n) is 2.43. The van der Waals surface area contributed by atoms with Crippen LogP contribution in [0.15, 0.2) is 42.5 Å². The van der Waals surface area contributed by atoms with E-state index in [1.807, 2.05) is 47.0 Å². The predicted octanol–water partition coefficient (Wildman–Crippen LogP) is 3.62. The highest BCUT2D eigenvalue weighted by atomic mass is 32.1. The van der Waals surface area contributed by atoms with Crippen LogP contribution in [0.4, 0.5) is 0 Å². The number of aromatic amines is 1. The molecule has 1 aromatic heterocycles. The van der Waals surface area contributed by atoms with E-state index in [9.17, 15) is 0 Å². The molecule has 0 aliphatic carbocycles. The molecule has 0 saturated heterocycles. The maximum atomic E-state index is 5.48. The van der Waals surface area contributed by atoms with Crippen molar-refractivity contribution in [1.82, 2.24) is 14.8 Å². The third-order valence-electron chi connectivity index (χ3n) is 3.65. The molecule has 6 nitrogen and oxygen atoms in total. The molecule has 7 heteroatoms. The number of nitrogens with one attached hydrogen (secondary N) is 1. The Bertz CT molecular complexity index is 900. The summed E-state index contributed by atoms with van der Waals surface area (Å²) < 4.78 is 18.3. The second kappa shape index (κ2) is 6.76. The molecule has 0 amide bonds. The first-order valence-corrected chi connectivity index (χ1v) is 7.63. The molecule has 0 unspecified atom stereocenters. The van der Waals surface area contributed by atoms with Crippen LogP contribution in [0.5, 0.6) is 17.2 Å². The molecule has 3 aromatic rings. The number of aromatic nitrogens is 3. The first-order valence-electron chi connectivity index (χ1n) is 7.22. The molecule has 0 aliphatic heterocycles. The Morgan fingerprint density at radius 3 is 2.21 bits per heavy atom. The van der Waals surface area contributed by atoms with E-state index in [2.05, 4.69) is 10.2 Å². The third kappa shape index (κ3) is 2.85. The van der Waals surface area contributed by atoms with Crippen LogP contribution in [0.1, 0.15) is 0 Å². The Kier molecular flexibility index (Phi) is 4.52. The quantitative estimate of drug-likeness (QED) is 0.717. The highest BCUT2D eigenvalue weighted by Gasteiger charge is 2.16. The van der Waals surface area contributed by atoms with E-state index in [-0.39, 0.29) is 0 Å². The molecule has 124 valence electrons. The summed E-state index contributed by atoms with van der Waals surface area (Å²) in [6, 6.07) is 13.1. The topological polar surface area (TPSA) is 61.3 Å².